The Morgan fingerprint density at radius 1 is 1.40 bits per heavy atom. The van der Waals surface area contributed by atoms with Crippen LogP contribution in [-0.2, 0) is 22.0 Å². The minimum Gasteiger partial charge on any atom is -0.378 e. The van der Waals surface area contributed by atoms with Gasteiger partial charge in [-0.05, 0) is 18.1 Å². The molecule has 1 atom stereocenters. The summed E-state index contributed by atoms with van der Waals surface area (Å²) >= 11 is 0. The molecule has 0 N–H and O–H groups in total. The number of rotatable bonds is 5. The number of hydrogen-bond donors (Lipinski definition) is 0. The van der Waals surface area contributed by atoms with Crippen molar-refractivity contribution in [2.45, 2.75) is 6.42 Å². The summed E-state index contributed by atoms with van der Waals surface area (Å²) in [5.41, 5.74) is 1.96. The maximum atomic E-state index is 11.3. The van der Waals surface area contributed by atoms with E-state index in [9.17, 15) is 14.3 Å². The van der Waals surface area contributed by atoms with E-state index in [-0.39, 0.29) is 5.69 Å². The summed E-state index contributed by atoms with van der Waals surface area (Å²) in [7, 11) is -0.910. The fourth-order valence-electron chi connectivity index (χ4n) is 2.25. The van der Waals surface area contributed by atoms with Crippen molar-refractivity contribution < 1.29 is 13.9 Å². The van der Waals surface area contributed by atoms with Crippen LogP contribution in [0.1, 0.15) is 5.56 Å². The van der Waals surface area contributed by atoms with Crippen LogP contribution in [0, 0.1) is 10.1 Å². The van der Waals surface area contributed by atoms with Crippen molar-refractivity contribution in [1.82, 2.24) is 0 Å². The van der Waals surface area contributed by atoms with Crippen molar-refractivity contribution in [2.24, 2.45) is 0 Å². The van der Waals surface area contributed by atoms with Gasteiger partial charge >= 0.3 is 0 Å². The number of non-ortho nitro benzene ring substituents is 1. The Labute approximate surface area is 120 Å². The van der Waals surface area contributed by atoms with Gasteiger partial charge in [0.1, 0.15) is 0 Å². The van der Waals surface area contributed by atoms with E-state index in [1.165, 1.54) is 6.07 Å². The molecule has 1 heterocycles. The Kier molecular flexibility index (Phi) is 5.08. The number of anilines is 1. The lowest BCUT2D eigenvalue weighted by atomic mass is 10.1. The molecule has 1 aliphatic rings. The number of morpholine rings is 1. The highest BCUT2D eigenvalue weighted by atomic mass is 32.2. The van der Waals surface area contributed by atoms with E-state index in [0.717, 1.165) is 24.3 Å². The molecule has 1 saturated heterocycles. The molecular formula is C13H18N2O4S. The van der Waals surface area contributed by atoms with Gasteiger partial charge in [0.25, 0.3) is 5.69 Å². The van der Waals surface area contributed by atoms with Crippen LogP contribution >= 0.6 is 0 Å². The molecule has 0 spiro atoms. The molecule has 1 aromatic rings. The van der Waals surface area contributed by atoms with Crippen LogP contribution in [0.2, 0.25) is 0 Å². The average Bonchev–Trinajstić information content (AvgIpc) is 2.45. The van der Waals surface area contributed by atoms with Gasteiger partial charge in [0.05, 0.1) is 18.1 Å². The lowest BCUT2D eigenvalue weighted by Gasteiger charge is -2.30. The summed E-state index contributed by atoms with van der Waals surface area (Å²) in [4.78, 5) is 12.7. The number of nitro benzene ring substituents is 1. The molecule has 6 nitrogen and oxygen atoms in total. The zero-order valence-corrected chi connectivity index (χ0v) is 12.2. The fourth-order valence-corrected chi connectivity index (χ4v) is 2.76. The van der Waals surface area contributed by atoms with E-state index in [1.807, 2.05) is 0 Å². The quantitative estimate of drug-likeness (QED) is 0.606. The molecule has 0 radical (unpaired) electrons. The zero-order valence-electron chi connectivity index (χ0n) is 11.4. The summed E-state index contributed by atoms with van der Waals surface area (Å²) in [5, 5.41) is 10.9. The molecule has 7 heteroatoms. The van der Waals surface area contributed by atoms with E-state index >= 15 is 0 Å². The minimum atomic E-state index is -0.910. The van der Waals surface area contributed by atoms with Gasteiger partial charge in [-0.1, -0.05) is 0 Å². The Morgan fingerprint density at radius 3 is 2.70 bits per heavy atom. The second kappa shape index (κ2) is 6.81. The van der Waals surface area contributed by atoms with Crippen molar-refractivity contribution in [3.63, 3.8) is 0 Å². The van der Waals surface area contributed by atoms with E-state index < -0.39 is 15.7 Å². The molecule has 0 saturated carbocycles. The van der Waals surface area contributed by atoms with Crippen LogP contribution in [-0.4, -0.2) is 47.4 Å². The Balaban J connectivity index is 2.27. The van der Waals surface area contributed by atoms with Gasteiger partial charge in [-0.2, -0.15) is 0 Å². The second-order valence-corrected chi connectivity index (χ2v) is 6.25. The van der Waals surface area contributed by atoms with E-state index in [4.69, 9.17) is 4.74 Å². The van der Waals surface area contributed by atoms with E-state index in [1.54, 1.807) is 18.4 Å². The lowest BCUT2D eigenvalue weighted by molar-refractivity contribution is -0.384. The highest BCUT2D eigenvalue weighted by molar-refractivity contribution is 7.84. The number of nitrogens with zero attached hydrogens (tertiary/aromatic N) is 2. The molecule has 0 amide bonds. The van der Waals surface area contributed by atoms with Crippen molar-refractivity contribution >= 4 is 22.2 Å². The first kappa shape index (κ1) is 14.9. The number of ether oxygens (including phenoxy) is 1. The van der Waals surface area contributed by atoms with Crippen molar-refractivity contribution in [3.8, 4) is 0 Å². The molecule has 0 aromatic heterocycles. The van der Waals surface area contributed by atoms with Gasteiger partial charge in [-0.3, -0.25) is 14.3 Å². The maximum Gasteiger partial charge on any atom is 0.269 e. The summed E-state index contributed by atoms with van der Waals surface area (Å²) in [5.74, 6) is 0.512. The SMILES string of the molecule is CS(=O)CCc1cc([N+](=O)[O-])ccc1N1CCOCC1. The predicted molar refractivity (Wildman–Crippen MR) is 78.8 cm³/mol. The van der Waals surface area contributed by atoms with Crippen molar-refractivity contribution in [3.05, 3.63) is 33.9 Å². The van der Waals surface area contributed by atoms with Gasteiger partial charge < -0.3 is 9.64 Å². The van der Waals surface area contributed by atoms with Crippen LogP contribution in [0.5, 0.6) is 0 Å². The Bertz CT molecular complexity index is 515. The topological polar surface area (TPSA) is 72.7 Å². The van der Waals surface area contributed by atoms with Crippen molar-refractivity contribution in [1.29, 1.82) is 0 Å². The molecule has 1 aliphatic heterocycles. The third kappa shape index (κ3) is 3.77. The van der Waals surface area contributed by atoms with Gasteiger partial charge in [-0.25, -0.2) is 0 Å². The molecule has 2 rings (SSSR count). The molecule has 0 aliphatic carbocycles. The van der Waals surface area contributed by atoms with Crippen LogP contribution in [0.4, 0.5) is 11.4 Å². The predicted octanol–water partition coefficient (Wildman–Crippen LogP) is 1.35. The summed E-state index contributed by atoms with van der Waals surface area (Å²) in [6.07, 6.45) is 2.23. The summed E-state index contributed by atoms with van der Waals surface area (Å²) < 4.78 is 16.6. The standard InChI is InChI=1S/C13H18N2O4S/c1-20(18)9-4-11-10-12(15(16)17)2-3-13(11)14-5-7-19-8-6-14/h2-3,10H,4-9H2,1H3. The number of aryl methyl sites for hydroxylation is 1. The largest absolute Gasteiger partial charge is 0.378 e. The monoisotopic (exact) mass is 298 g/mol. The Hall–Kier alpha value is -1.47. The summed E-state index contributed by atoms with van der Waals surface area (Å²) in [6.45, 7) is 2.88. The normalized spacial score (nSPS) is 16.9. The lowest BCUT2D eigenvalue weighted by Crippen LogP contribution is -2.36. The minimum absolute atomic E-state index is 0.0823. The van der Waals surface area contributed by atoms with Crippen LogP contribution in [0.3, 0.4) is 0 Å². The van der Waals surface area contributed by atoms with Crippen LogP contribution < -0.4 is 4.90 Å². The molecule has 0 bridgehead atoms. The van der Waals surface area contributed by atoms with Gasteiger partial charge in [0, 0.05) is 53.7 Å². The van der Waals surface area contributed by atoms with Gasteiger partial charge in [-0.15, -0.1) is 0 Å². The van der Waals surface area contributed by atoms with Crippen molar-refractivity contribution in [2.75, 3.05) is 43.2 Å². The first-order valence-electron chi connectivity index (χ1n) is 6.48. The molecule has 1 aromatic carbocycles. The maximum absolute atomic E-state index is 11.3. The van der Waals surface area contributed by atoms with E-state index in [0.29, 0.717) is 25.4 Å². The van der Waals surface area contributed by atoms with Gasteiger partial charge in [0.2, 0.25) is 0 Å². The first-order chi connectivity index (χ1) is 9.58. The number of benzene rings is 1. The molecule has 1 fully saturated rings. The zero-order chi connectivity index (χ0) is 14.5. The number of nitro groups is 1. The third-order valence-electron chi connectivity index (χ3n) is 3.28. The molecule has 110 valence electrons. The second-order valence-electron chi connectivity index (χ2n) is 4.70. The average molecular weight is 298 g/mol. The third-order valence-corrected chi connectivity index (χ3v) is 4.06. The highest BCUT2D eigenvalue weighted by Crippen LogP contribution is 2.26. The van der Waals surface area contributed by atoms with Crippen LogP contribution in [0.15, 0.2) is 18.2 Å². The molecule has 20 heavy (non-hydrogen) atoms. The number of hydrogen-bond acceptors (Lipinski definition) is 5. The molecular weight excluding hydrogens is 280 g/mol. The smallest absolute Gasteiger partial charge is 0.269 e. The molecule has 1 unspecified atom stereocenters. The van der Waals surface area contributed by atoms with E-state index in [2.05, 4.69) is 4.90 Å². The summed E-state index contributed by atoms with van der Waals surface area (Å²) in [6, 6.07) is 4.91. The van der Waals surface area contributed by atoms with Crippen LogP contribution in [0.25, 0.3) is 0 Å². The van der Waals surface area contributed by atoms with Gasteiger partial charge in [0.15, 0.2) is 0 Å². The highest BCUT2D eigenvalue weighted by Gasteiger charge is 2.17. The first-order valence-corrected chi connectivity index (χ1v) is 8.20. The fraction of sp³-hybridized carbons (Fsp3) is 0.538. The Morgan fingerprint density at radius 2 is 2.10 bits per heavy atom.